The van der Waals surface area contributed by atoms with Crippen molar-refractivity contribution < 1.29 is 13.6 Å². The summed E-state index contributed by atoms with van der Waals surface area (Å²) in [6.07, 6.45) is 11.0. The van der Waals surface area contributed by atoms with Crippen LogP contribution < -0.4 is 4.90 Å². The molecule has 1 saturated heterocycles. The minimum atomic E-state index is -2.72. The summed E-state index contributed by atoms with van der Waals surface area (Å²) < 4.78 is 29.4. The van der Waals surface area contributed by atoms with Gasteiger partial charge in [0.1, 0.15) is 17.5 Å². The summed E-state index contributed by atoms with van der Waals surface area (Å²) in [6, 6.07) is 2.82. The minimum Gasteiger partial charge on any atom is -0.294 e. The van der Waals surface area contributed by atoms with Crippen LogP contribution in [0.15, 0.2) is 30.9 Å². The van der Waals surface area contributed by atoms with Crippen molar-refractivity contribution >= 4 is 17.2 Å². The average Bonchev–Trinajstić information content (AvgIpc) is 3.53. The number of anilines is 1. The van der Waals surface area contributed by atoms with Crippen molar-refractivity contribution in [1.82, 2.24) is 24.4 Å². The standard InChI is InChI=1S/C17H13F2N7O.C3H6/c18-17(19)5-14(17)26-8-11(7-22-26)12-9-25-13(1-3-21-25)15(23-12)24-4-2-10(6-20)16(24)27;1-2-3-1/h1,3,7-10,14H,2,4-5H2;1-3H2. The van der Waals surface area contributed by atoms with Crippen LogP contribution in [0.25, 0.3) is 16.8 Å². The number of hydrogen-bond acceptors (Lipinski definition) is 5. The van der Waals surface area contributed by atoms with E-state index >= 15 is 0 Å². The zero-order chi connectivity index (χ0) is 20.9. The third-order valence-corrected chi connectivity index (χ3v) is 5.35. The van der Waals surface area contributed by atoms with E-state index in [1.807, 2.05) is 6.07 Å². The summed E-state index contributed by atoms with van der Waals surface area (Å²) in [5.41, 5.74) is 1.65. The molecule has 2 atom stereocenters. The molecule has 0 spiro atoms. The fourth-order valence-electron chi connectivity index (χ4n) is 3.38. The van der Waals surface area contributed by atoms with Crippen LogP contribution in [0, 0.1) is 17.2 Å². The smallest absolute Gasteiger partial charge is 0.272 e. The molecule has 3 aromatic rings. The molecular weight excluding hydrogens is 392 g/mol. The van der Waals surface area contributed by atoms with Gasteiger partial charge >= 0.3 is 0 Å². The van der Waals surface area contributed by atoms with Crippen LogP contribution in [0.3, 0.4) is 0 Å². The second-order valence-corrected chi connectivity index (χ2v) is 7.82. The van der Waals surface area contributed by atoms with Gasteiger partial charge in [0, 0.05) is 24.7 Å². The number of alkyl halides is 2. The number of halogens is 2. The first-order valence-electron chi connectivity index (χ1n) is 9.96. The van der Waals surface area contributed by atoms with E-state index in [0.29, 0.717) is 35.6 Å². The number of fused-ring (bicyclic) bond motifs is 1. The third kappa shape index (κ3) is 3.30. The average molecular weight is 411 g/mol. The molecule has 30 heavy (non-hydrogen) atoms. The Kier molecular flexibility index (Phi) is 4.27. The highest BCUT2D eigenvalue weighted by atomic mass is 19.3. The van der Waals surface area contributed by atoms with Gasteiger partial charge in [-0.3, -0.25) is 14.4 Å². The van der Waals surface area contributed by atoms with E-state index in [9.17, 15) is 13.6 Å². The Balaban J connectivity index is 0.000000592. The van der Waals surface area contributed by atoms with Crippen LogP contribution in [0.2, 0.25) is 0 Å². The first-order valence-corrected chi connectivity index (χ1v) is 9.96. The number of nitrogens with zero attached hydrogens (tertiary/aromatic N) is 7. The first kappa shape index (κ1) is 18.7. The molecule has 2 unspecified atom stereocenters. The zero-order valence-electron chi connectivity index (χ0n) is 16.1. The van der Waals surface area contributed by atoms with Gasteiger partial charge in [0.05, 0.1) is 30.4 Å². The third-order valence-electron chi connectivity index (χ3n) is 5.35. The molecule has 3 fully saturated rings. The van der Waals surface area contributed by atoms with Crippen LogP contribution in [-0.2, 0) is 4.79 Å². The summed E-state index contributed by atoms with van der Waals surface area (Å²) in [7, 11) is 0. The number of carbonyl (C=O) groups is 1. The molecule has 1 aliphatic heterocycles. The van der Waals surface area contributed by atoms with E-state index in [-0.39, 0.29) is 12.3 Å². The summed E-state index contributed by atoms with van der Waals surface area (Å²) in [4.78, 5) is 18.5. The quantitative estimate of drug-likeness (QED) is 0.660. The van der Waals surface area contributed by atoms with Gasteiger partial charge in [-0.05, 0) is 12.5 Å². The van der Waals surface area contributed by atoms with Gasteiger partial charge < -0.3 is 0 Å². The molecule has 2 saturated carbocycles. The van der Waals surface area contributed by atoms with Crippen molar-refractivity contribution in [1.29, 1.82) is 5.26 Å². The Morgan fingerprint density at radius 3 is 2.60 bits per heavy atom. The Morgan fingerprint density at radius 1 is 1.20 bits per heavy atom. The highest BCUT2D eigenvalue weighted by Crippen LogP contribution is 2.52. The van der Waals surface area contributed by atoms with Gasteiger partial charge in [0.15, 0.2) is 5.82 Å². The van der Waals surface area contributed by atoms with Crippen molar-refractivity contribution in [3.8, 4) is 17.3 Å². The molecule has 154 valence electrons. The normalized spacial score (nSPS) is 23.8. The summed E-state index contributed by atoms with van der Waals surface area (Å²) in [5.74, 6) is -3.30. The van der Waals surface area contributed by atoms with Crippen molar-refractivity contribution in [3.05, 3.63) is 30.9 Å². The SMILES string of the molecule is C1CC1.N#CC1CCN(c2nc(-c3cnn(C4CC4(F)F)c3)cn3nccc23)C1=O. The second-order valence-electron chi connectivity index (χ2n) is 7.82. The van der Waals surface area contributed by atoms with E-state index in [4.69, 9.17) is 5.26 Å². The van der Waals surface area contributed by atoms with E-state index in [1.165, 1.54) is 41.2 Å². The fraction of sp³-hybridized carbons (Fsp3) is 0.450. The number of rotatable bonds is 3. The molecule has 8 nitrogen and oxygen atoms in total. The molecule has 6 rings (SSSR count). The molecule has 0 bridgehead atoms. The highest BCUT2D eigenvalue weighted by Gasteiger charge is 2.59. The Labute approximate surface area is 170 Å². The summed E-state index contributed by atoms with van der Waals surface area (Å²) in [5, 5.41) is 17.3. The van der Waals surface area contributed by atoms with Gasteiger partial charge in [-0.25, -0.2) is 18.3 Å². The number of hydrogen-bond donors (Lipinski definition) is 0. The van der Waals surface area contributed by atoms with Crippen LogP contribution in [0.4, 0.5) is 14.6 Å². The minimum absolute atomic E-state index is 0.219. The number of amides is 1. The first-order chi connectivity index (χ1) is 14.5. The maximum atomic E-state index is 13.3. The Morgan fingerprint density at radius 2 is 1.97 bits per heavy atom. The number of nitriles is 1. The molecule has 4 heterocycles. The van der Waals surface area contributed by atoms with Gasteiger partial charge in [-0.1, -0.05) is 19.3 Å². The second kappa shape index (κ2) is 6.86. The molecule has 0 N–H and O–H groups in total. The monoisotopic (exact) mass is 411 g/mol. The maximum absolute atomic E-state index is 13.3. The molecule has 3 aromatic heterocycles. The molecule has 0 aromatic carbocycles. The van der Waals surface area contributed by atoms with Crippen LogP contribution >= 0.6 is 0 Å². The topological polar surface area (TPSA) is 92.1 Å². The van der Waals surface area contributed by atoms with Gasteiger partial charge in [-0.15, -0.1) is 0 Å². The summed E-state index contributed by atoms with van der Waals surface area (Å²) >= 11 is 0. The lowest BCUT2D eigenvalue weighted by molar-refractivity contribution is -0.119. The molecular formula is C20H19F2N7O. The predicted molar refractivity (Wildman–Crippen MR) is 103 cm³/mol. The van der Waals surface area contributed by atoms with Crippen LogP contribution in [0.5, 0.6) is 0 Å². The Hall–Kier alpha value is -3.35. The van der Waals surface area contributed by atoms with Gasteiger partial charge in [-0.2, -0.15) is 15.5 Å². The van der Waals surface area contributed by atoms with Gasteiger partial charge in [0.2, 0.25) is 5.91 Å². The molecule has 2 aliphatic carbocycles. The van der Waals surface area contributed by atoms with Crippen LogP contribution in [-0.4, -0.2) is 42.8 Å². The van der Waals surface area contributed by atoms with Crippen molar-refractivity contribution in [2.75, 3.05) is 11.4 Å². The van der Waals surface area contributed by atoms with E-state index in [0.717, 1.165) is 0 Å². The van der Waals surface area contributed by atoms with E-state index < -0.39 is 17.9 Å². The lowest BCUT2D eigenvalue weighted by Gasteiger charge is -2.16. The predicted octanol–water partition coefficient (Wildman–Crippen LogP) is 3.22. The number of carbonyl (C=O) groups excluding carboxylic acids is 1. The highest BCUT2D eigenvalue weighted by molar-refractivity contribution is 6.01. The van der Waals surface area contributed by atoms with E-state index in [2.05, 4.69) is 15.2 Å². The van der Waals surface area contributed by atoms with Gasteiger partial charge in [0.25, 0.3) is 5.92 Å². The fourth-order valence-corrected chi connectivity index (χ4v) is 3.38. The zero-order valence-corrected chi connectivity index (χ0v) is 16.1. The number of aromatic nitrogens is 5. The van der Waals surface area contributed by atoms with Crippen molar-refractivity contribution in [2.45, 2.75) is 44.1 Å². The lowest BCUT2D eigenvalue weighted by Crippen LogP contribution is -2.28. The molecule has 3 aliphatic rings. The molecule has 10 heteroatoms. The van der Waals surface area contributed by atoms with Crippen molar-refractivity contribution in [2.24, 2.45) is 5.92 Å². The molecule has 1 amide bonds. The Bertz CT molecular complexity index is 1160. The lowest BCUT2D eigenvalue weighted by atomic mass is 10.1. The van der Waals surface area contributed by atoms with E-state index in [1.54, 1.807) is 23.0 Å². The molecule has 0 radical (unpaired) electrons. The van der Waals surface area contributed by atoms with Crippen molar-refractivity contribution in [3.63, 3.8) is 0 Å². The van der Waals surface area contributed by atoms with Crippen LogP contribution in [0.1, 0.15) is 38.1 Å². The maximum Gasteiger partial charge on any atom is 0.272 e. The summed E-state index contributed by atoms with van der Waals surface area (Å²) in [6.45, 7) is 0.391. The largest absolute Gasteiger partial charge is 0.294 e.